The van der Waals surface area contributed by atoms with E-state index in [9.17, 15) is 9.90 Å². The summed E-state index contributed by atoms with van der Waals surface area (Å²) in [6.07, 6.45) is 2.89. The van der Waals surface area contributed by atoms with Gasteiger partial charge in [0.05, 0.1) is 17.3 Å². The summed E-state index contributed by atoms with van der Waals surface area (Å²) in [5.74, 6) is -0.0868. The van der Waals surface area contributed by atoms with Crippen LogP contribution in [0.3, 0.4) is 0 Å². The van der Waals surface area contributed by atoms with Crippen molar-refractivity contribution in [2.24, 2.45) is 0 Å². The average molecular weight is 282 g/mol. The van der Waals surface area contributed by atoms with Gasteiger partial charge >= 0.3 is 0 Å². The fraction of sp³-hybridized carbons (Fsp3) is 0.235. The van der Waals surface area contributed by atoms with Gasteiger partial charge in [0.15, 0.2) is 0 Å². The minimum atomic E-state index is -0.136. The number of phenolic OH excluding ortho intramolecular Hbond substituents is 1. The molecule has 1 atom stereocenters. The molecular weight excluding hydrogens is 264 g/mol. The topological polar surface area (TPSA) is 75.3 Å². The van der Waals surface area contributed by atoms with E-state index in [1.165, 1.54) is 17.7 Å². The molecule has 0 fully saturated rings. The summed E-state index contributed by atoms with van der Waals surface area (Å²) in [5, 5.41) is 12.2. The van der Waals surface area contributed by atoms with Crippen LogP contribution in [0.2, 0.25) is 0 Å². The van der Waals surface area contributed by atoms with E-state index in [0.29, 0.717) is 11.4 Å². The van der Waals surface area contributed by atoms with Crippen LogP contribution in [0, 0.1) is 0 Å². The highest BCUT2D eigenvalue weighted by Gasteiger charge is 2.26. The van der Waals surface area contributed by atoms with Crippen molar-refractivity contribution in [2.75, 3.05) is 11.1 Å². The normalized spacial score (nSPS) is 17.0. The molecule has 0 aliphatic heterocycles. The minimum Gasteiger partial charge on any atom is -0.508 e. The Hall–Kier alpha value is -2.49. The smallest absolute Gasteiger partial charge is 0.231 e. The molecule has 2 aromatic rings. The number of carbonyl (C=O) groups excluding carboxylic acids is 1. The summed E-state index contributed by atoms with van der Waals surface area (Å²) in [5.41, 5.74) is 9.09. The number of benzene rings is 2. The van der Waals surface area contributed by atoms with Crippen molar-refractivity contribution in [1.82, 2.24) is 0 Å². The third kappa shape index (κ3) is 2.70. The van der Waals surface area contributed by atoms with Crippen molar-refractivity contribution in [1.29, 1.82) is 0 Å². The molecule has 4 N–H and O–H groups in total. The maximum atomic E-state index is 12.5. The second-order valence-electron chi connectivity index (χ2n) is 5.40. The summed E-state index contributed by atoms with van der Waals surface area (Å²) >= 11 is 0. The number of nitrogen functional groups attached to an aromatic ring is 1. The molecule has 108 valence electrons. The van der Waals surface area contributed by atoms with Crippen LogP contribution in [0.1, 0.15) is 29.9 Å². The monoisotopic (exact) mass is 282 g/mol. The number of amides is 1. The summed E-state index contributed by atoms with van der Waals surface area (Å²) in [6, 6.07) is 12.7. The number of aryl methyl sites for hydroxylation is 1. The van der Waals surface area contributed by atoms with Crippen LogP contribution in [-0.4, -0.2) is 11.0 Å². The summed E-state index contributed by atoms with van der Waals surface area (Å²) in [6.45, 7) is 0. The second-order valence-corrected chi connectivity index (χ2v) is 5.40. The number of phenols is 1. The predicted octanol–water partition coefficient (Wildman–Crippen LogP) is 3.03. The highest BCUT2D eigenvalue weighted by molar-refractivity contribution is 5.98. The van der Waals surface area contributed by atoms with Gasteiger partial charge in [-0.2, -0.15) is 0 Å². The maximum Gasteiger partial charge on any atom is 0.231 e. The lowest BCUT2D eigenvalue weighted by molar-refractivity contribution is -0.117. The zero-order chi connectivity index (χ0) is 14.8. The lowest BCUT2D eigenvalue weighted by Crippen LogP contribution is -2.25. The minimum absolute atomic E-state index is 0.0421. The molecule has 0 spiro atoms. The standard InChI is InChI=1S/C17H18N2O2/c18-15-10-12(20)8-9-16(15)19-17(21)14-7-3-5-11-4-1-2-6-13(11)14/h1-2,4,6,8-10,14,20H,3,5,7,18H2,(H,19,21). The van der Waals surface area contributed by atoms with Crippen LogP contribution < -0.4 is 11.1 Å². The molecule has 3 rings (SSSR count). The van der Waals surface area contributed by atoms with Crippen LogP contribution in [0.4, 0.5) is 11.4 Å². The number of rotatable bonds is 2. The summed E-state index contributed by atoms with van der Waals surface area (Å²) < 4.78 is 0. The zero-order valence-electron chi connectivity index (χ0n) is 11.7. The summed E-state index contributed by atoms with van der Waals surface area (Å²) in [7, 11) is 0. The van der Waals surface area contributed by atoms with E-state index in [0.717, 1.165) is 24.8 Å². The van der Waals surface area contributed by atoms with Gasteiger partial charge in [-0.25, -0.2) is 0 Å². The molecule has 4 nitrogen and oxygen atoms in total. The molecule has 0 saturated heterocycles. The maximum absolute atomic E-state index is 12.5. The molecule has 0 saturated carbocycles. The van der Waals surface area contributed by atoms with Gasteiger partial charge in [-0.3, -0.25) is 4.79 Å². The highest BCUT2D eigenvalue weighted by Crippen LogP contribution is 2.33. The van der Waals surface area contributed by atoms with Crippen LogP contribution in [0.15, 0.2) is 42.5 Å². The molecule has 2 aromatic carbocycles. The van der Waals surface area contributed by atoms with Crippen molar-refractivity contribution >= 4 is 17.3 Å². The first-order valence-corrected chi connectivity index (χ1v) is 7.12. The number of nitrogens with one attached hydrogen (secondary N) is 1. The van der Waals surface area contributed by atoms with Crippen LogP contribution >= 0.6 is 0 Å². The number of anilines is 2. The van der Waals surface area contributed by atoms with E-state index in [1.807, 2.05) is 18.2 Å². The molecular formula is C17H18N2O2. The van der Waals surface area contributed by atoms with Crippen molar-refractivity contribution < 1.29 is 9.90 Å². The predicted molar refractivity (Wildman–Crippen MR) is 83.3 cm³/mol. The van der Waals surface area contributed by atoms with E-state index in [1.54, 1.807) is 6.07 Å². The van der Waals surface area contributed by atoms with E-state index in [-0.39, 0.29) is 17.6 Å². The molecule has 0 aromatic heterocycles. The highest BCUT2D eigenvalue weighted by atomic mass is 16.3. The molecule has 0 heterocycles. The largest absolute Gasteiger partial charge is 0.508 e. The Labute approximate surface area is 123 Å². The quantitative estimate of drug-likeness (QED) is 0.585. The fourth-order valence-electron chi connectivity index (χ4n) is 2.91. The van der Waals surface area contributed by atoms with Gasteiger partial charge in [-0.05, 0) is 42.5 Å². The average Bonchev–Trinajstić information content (AvgIpc) is 2.49. The molecule has 4 heteroatoms. The van der Waals surface area contributed by atoms with Crippen LogP contribution in [0.5, 0.6) is 5.75 Å². The van der Waals surface area contributed by atoms with Crippen LogP contribution in [0.25, 0.3) is 0 Å². The van der Waals surface area contributed by atoms with Gasteiger partial charge in [-0.1, -0.05) is 24.3 Å². The number of hydrogen-bond acceptors (Lipinski definition) is 3. The third-order valence-electron chi connectivity index (χ3n) is 3.98. The first-order chi connectivity index (χ1) is 10.1. The Bertz CT molecular complexity index is 682. The van der Waals surface area contributed by atoms with E-state index in [2.05, 4.69) is 11.4 Å². The Morgan fingerprint density at radius 1 is 1.24 bits per heavy atom. The van der Waals surface area contributed by atoms with Gasteiger partial charge in [-0.15, -0.1) is 0 Å². The number of carbonyl (C=O) groups is 1. The fourth-order valence-corrected chi connectivity index (χ4v) is 2.91. The van der Waals surface area contributed by atoms with Crippen molar-refractivity contribution in [3.8, 4) is 5.75 Å². The molecule has 1 amide bonds. The number of aromatic hydroxyl groups is 1. The SMILES string of the molecule is Nc1cc(O)ccc1NC(=O)C1CCCc2ccccc21. The first-order valence-electron chi connectivity index (χ1n) is 7.12. The lowest BCUT2D eigenvalue weighted by atomic mass is 9.82. The zero-order valence-corrected chi connectivity index (χ0v) is 11.7. The Kier molecular flexibility index (Phi) is 3.52. The number of fused-ring (bicyclic) bond motifs is 1. The molecule has 0 bridgehead atoms. The van der Waals surface area contributed by atoms with Crippen molar-refractivity contribution in [3.63, 3.8) is 0 Å². The Morgan fingerprint density at radius 3 is 2.86 bits per heavy atom. The van der Waals surface area contributed by atoms with Gasteiger partial charge in [0.1, 0.15) is 5.75 Å². The molecule has 1 aliphatic rings. The third-order valence-corrected chi connectivity index (χ3v) is 3.98. The van der Waals surface area contributed by atoms with Gasteiger partial charge in [0, 0.05) is 6.07 Å². The van der Waals surface area contributed by atoms with Gasteiger partial charge < -0.3 is 16.2 Å². The molecule has 0 radical (unpaired) electrons. The molecule has 21 heavy (non-hydrogen) atoms. The second kappa shape index (κ2) is 5.48. The number of nitrogens with two attached hydrogens (primary N) is 1. The van der Waals surface area contributed by atoms with E-state index in [4.69, 9.17) is 5.73 Å². The Balaban J connectivity index is 1.83. The first kappa shape index (κ1) is 13.5. The van der Waals surface area contributed by atoms with E-state index < -0.39 is 0 Å². The Morgan fingerprint density at radius 2 is 2.05 bits per heavy atom. The molecule has 1 aliphatic carbocycles. The summed E-state index contributed by atoms with van der Waals surface area (Å²) in [4.78, 5) is 12.5. The van der Waals surface area contributed by atoms with Gasteiger partial charge in [0.2, 0.25) is 5.91 Å². The number of hydrogen-bond donors (Lipinski definition) is 3. The molecule has 1 unspecified atom stereocenters. The van der Waals surface area contributed by atoms with E-state index >= 15 is 0 Å². The van der Waals surface area contributed by atoms with Crippen molar-refractivity contribution in [2.45, 2.75) is 25.2 Å². The van der Waals surface area contributed by atoms with Gasteiger partial charge in [0.25, 0.3) is 0 Å². The lowest BCUT2D eigenvalue weighted by Gasteiger charge is -2.24. The van der Waals surface area contributed by atoms with Crippen molar-refractivity contribution in [3.05, 3.63) is 53.6 Å². The van der Waals surface area contributed by atoms with Crippen LogP contribution in [-0.2, 0) is 11.2 Å².